The summed E-state index contributed by atoms with van der Waals surface area (Å²) in [5, 5.41) is 12.6. The van der Waals surface area contributed by atoms with Gasteiger partial charge in [0.05, 0.1) is 17.4 Å². The van der Waals surface area contributed by atoms with Crippen molar-refractivity contribution < 1.29 is 19.1 Å². The van der Waals surface area contributed by atoms with Crippen LogP contribution in [0.1, 0.15) is 65.8 Å². The lowest BCUT2D eigenvalue weighted by atomic mass is 9.95. The van der Waals surface area contributed by atoms with E-state index in [-0.39, 0.29) is 30.3 Å². The molecule has 10 heteroatoms. The highest BCUT2D eigenvalue weighted by Crippen LogP contribution is 2.39. The van der Waals surface area contributed by atoms with Gasteiger partial charge in [-0.2, -0.15) is 0 Å². The molecule has 0 spiro atoms. The van der Waals surface area contributed by atoms with Gasteiger partial charge in [-0.3, -0.25) is 4.79 Å². The molecule has 4 rings (SSSR count). The van der Waals surface area contributed by atoms with E-state index in [1.807, 2.05) is 49.7 Å². The van der Waals surface area contributed by atoms with Gasteiger partial charge in [-0.15, -0.1) is 21.5 Å². The fourth-order valence-electron chi connectivity index (χ4n) is 4.00. The van der Waals surface area contributed by atoms with Crippen molar-refractivity contribution in [3.05, 3.63) is 51.7 Å². The SMILES string of the molecule is CCc1ccc(OCc2nnc(SCC(=O)Nc3sc4c(c3C(=O)OC(C)C)CCCC4)n2C)cc1. The average Bonchev–Trinajstić information content (AvgIpc) is 3.40. The van der Waals surface area contributed by atoms with Crippen LogP contribution in [-0.4, -0.2) is 38.5 Å². The summed E-state index contributed by atoms with van der Waals surface area (Å²) in [4.78, 5) is 26.8. The number of carbonyl (C=O) groups is 2. The molecule has 8 nitrogen and oxygen atoms in total. The van der Waals surface area contributed by atoms with E-state index in [1.54, 1.807) is 0 Å². The van der Waals surface area contributed by atoms with E-state index < -0.39 is 0 Å². The van der Waals surface area contributed by atoms with Crippen molar-refractivity contribution in [1.29, 1.82) is 0 Å². The van der Waals surface area contributed by atoms with Gasteiger partial charge in [0.25, 0.3) is 0 Å². The van der Waals surface area contributed by atoms with E-state index >= 15 is 0 Å². The van der Waals surface area contributed by atoms with Gasteiger partial charge in [0.1, 0.15) is 17.4 Å². The van der Waals surface area contributed by atoms with Crippen LogP contribution in [0.15, 0.2) is 29.4 Å². The van der Waals surface area contributed by atoms with Gasteiger partial charge < -0.3 is 19.4 Å². The largest absolute Gasteiger partial charge is 0.486 e. The molecule has 2 aromatic heterocycles. The first-order valence-corrected chi connectivity index (χ1v) is 14.0. The quantitative estimate of drug-likeness (QED) is 0.286. The molecule has 0 fully saturated rings. The molecule has 2 heterocycles. The monoisotopic (exact) mass is 528 g/mol. The molecular weight excluding hydrogens is 496 g/mol. The van der Waals surface area contributed by atoms with Crippen LogP contribution < -0.4 is 10.1 Å². The Balaban J connectivity index is 1.36. The lowest BCUT2D eigenvalue weighted by molar-refractivity contribution is -0.113. The number of fused-ring (bicyclic) bond motifs is 1. The van der Waals surface area contributed by atoms with Gasteiger partial charge >= 0.3 is 5.97 Å². The number of carbonyl (C=O) groups excluding carboxylic acids is 2. The molecule has 0 atom stereocenters. The van der Waals surface area contributed by atoms with E-state index in [9.17, 15) is 9.59 Å². The number of thiophene rings is 1. The molecular formula is C26H32N4O4S2. The molecule has 36 heavy (non-hydrogen) atoms. The van der Waals surface area contributed by atoms with Crippen LogP contribution in [0.3, 0.4) is 0 Å². The maximum absolute atomic E-state index is 12.8. The van der Waals surface area contributed by atoms with Crippen molar-refractivity contribution >= 4 is 40.0 Å². The first-order chi connectivity index (χ1) is 17.4. The van der Waals surface area contributed by atoms with E-state index in [2.05, 4.69) is 22.4 Å². The van der Waals surface area contributed by atoms with Crippen LogP contribution >= 0.6 is 23.1 Å². The first-order valence-electron chi connectivity index (χ1n) is 12.2. The molecule has 0 aliphatic heterocycles. The Morgan fingerprint density at radius 3 is 2.64 bits per heavy atom. The number of aromatic nitrogens is 3. The Bertz CT molecular complexity index is 1220. The van der Waals surface area contributed by atoms with Crippen LogP contribution in [0.4, 0.5) is 5.00 Å². The maximum atomic E-state index is 12.8. The van der Waals surface area contributed by atoms with E-state index in [4.69, 9.17) is 9.47 Å². The Morgan fingerprint density at radius 2 is 1.92 bits per heavy atom. The number of benzene rings is 1. The second kappa shape index (κ2) is 11.9. The lowest BCUT2D eigenvalue weighted by Gasteiger charge is -2.14. The highest BCUT2D eigenvalue weighted by molar-refractivity contribution is 7.99. The summed E-state index contributed by atoms with van der Waals surface area (Å²) in [6, 6.07) is 7.99. The number of anilines is 1. The summed E-state index contributed by atoms with van der Waals surface area (Å²) in [6.07, 6.45) is 4.66. The second-order valence-corrected chi connectivity index (χ2v) is 11.0. The zero-order valence-electron chi connectivity index (χ0n) is 21.1. The molecule has 0 unspecified atom stereocenters. The number of nitrogens with one attached hydrogen (secondary N) is 1. The van der Waals surface area contributed by atoms with Gasteiger partial charge in [0.15, 0.2) is 11.0 Å². The zero-order valence-corrected chi connectivity index (χ0v) is 22.8. The minimum absolute atomic E-state index is 0.145. The minimum atomic E-state index is -0.366. The van der Waals surface area contributed by atoms with Crippen LogP contribution in [0, 0.1) is 0 Å². The third-order valence-electron chi connectivity index (χ3n) is 5.93. The molecule has 192 valence electrons. The minimum Gasteiger partial charge on any atom is -0.486 e. The topological polar surface area (TPSA) is 95.3 Å². The van der Waals surface area contributed by atoms with Gasteiger partial charge in [-0.1, -0.05) is 30.8 Å². The van der Waals surface area contributed by atoms with Crippen molar-refractivity contribution in [3.8, 4) is 5.75 Å². The summed E-state index contributed by atoms with van der Waals surface area (Å²) < 4.78 is 13.1. The van der Waals surface area contributed by atoms with Crippen molar-refractivity contribution in [2.45, 2.75) is 70.7 Å². The van der Waals surface area contributed by atoms with Gasteiger partial charge in [0.2, 0.25) is 5.91 Å². The third kappa shape index (κ3) is 6.28. The summed E-state index contributed by atoms with van der Waals surface area (Å²) in [5.74, 6) is 1.02. The molecule has 1 amide bonds. The summed E-state index contributed by atoms with van der Waals surface area (Å²) in [7, 11) is 1.85. The van der Waals surface area contributed by atoms with Crippen molar-refractivity contribution in [2.24, 2.45) is 7.05 Å². The standard InChI is InChI=1S/C26H32N4O4S2/c1-5-17-10-12-18(13-11-17)33-14-21-28-29-26(30(21)4)35-15-22(31)27-24-23(25(32)34-16(2)3)19-8-6-7-9-20(19)36-24/h10-13,16H,5-9,14-15H2,1-4H3,(H,27,31). The molecule has 1 aliphatic carbocycles. The number of esters is 1. The van der Waals surface area contributed by atoms with Gasteiger partial charge in [-0.25, -0.2) is 4.79 Å². The Morgan fingerprint density at radius 1 is 1.17 bits per heavy atom. The number of nitrogens with zero attached hydrogens (tertiary/aromatic N) is 3. The highest BCUT2D eigenvalue weighted by Gasteiger charge is 2.28. The van der Waals surface area contributed by atoms with Gasteiger partial charge in [-0.05, 0) is 69.2 Å². The number of hydrogen-bond donors (Lipinski definition) is 1. The predicted molar refractivity (Wildman–Crippen MR) is 142 cm³/mol. The van der Waals surface area contributed by atoms with Crippen molar-refractivity contribution in [3.63, 3.8) is 0 Å². The predicted octanol–water partition coefficient (Wildman–Crippen LogP) is 5.19. The molecule has 1 aromatic carbocycles. The Kier molecular flexibility index (Phi) is 8.68. The number of rotatable bonds is 10. The van der Waals surface area contributed by atoms with Crippen LogP contribution in [0.2, 0.25) is 0 Å². The highest BCUT2D eigenvalue weighted by atomic mass is 32.2. The van der Waals surface area contributed by atoms with E-state index in [0.29, 0.717) is 21.5 Å². The zero-order chi connectivity index (χ0) is 25.7. The Labute approximate surface area is 219 Å². The third-order valence-corrected chi connectivity index (χ3v) is 8.16. The Hall–Kier alpha value is -2.85. The smallest absolute Gasteiger partial charge is 0.341 e. The van der Waals surface area contributed by atoms with E-state index in [0.717, 1.165) is 43.4 Å². The fourth-order valence-corrected chi connectivity index (χ4v) is 6.02. The number of thioether (sulfide) groups is 1. The molecule has 0 radical (unpaired) electrons. The molecule has 1 aliphatic rings. The van der Waals surface area contributed by atoms with Gasteiger partial charge in [0, 0.05) is 11.9 Å². The number of aryl methyl sites for hydroxylation is 2. The first kappa shape index (κ1) is 26.2. The summed E-state index contributed by atoms with van der Waals surface area (Å²) >= 11 is 2.78. The second-order valence-electron chi connectivity index (χ2n) is 8.95. The molecule has 1 N–H and O–H groups in total. The number of ether oxygens (including phenoxy) is 2. The molecule has 0 saturated carbocycles. The van der Waals surface area contributed by atoms with Crippen molar-refractivity contribution in [1.82, 2.24) is 14.8 Å². The lowest BCUT2D eigenvalue weighted by Crippen LogP contribution is -2.19. The fraction of sp³-hybridized carbons (Fsp3) is 0.462. The molecule has 0 bridgehead atoms. The number of amides is 1. The molecule has 3 aromatic rings. The summed E-state index contributed by atoms with van der Waals surface area (Å²) in [6.45, 7) is 6.05. The number of hydrogen-bond acceptors (Lipinski definition) is 8. The van der Waals surface area contributed by atoms with Crippen molar-refractivity contribution in [2.75, 3.05) is 11.1 Å². The van der Waals surface area contributed by atoms with E-state index in [1.165, 1.54) is 33.5 Å². The average molecular weight is 529 g/mol. The molecule has 0 saturated heterocycles. The maximum Gasteiger partial charge on any atom is 0.341 e. The normalized spacial score (nSPS) is 12.9. The van der Waals surface area contributed by atoms with Crippen LogP contribution in [-0.2, 0) is 42.4 Å². The summed E-state index contributed by atoms with van der Waals surface area (Å²) in [5.41, 5.74) is 2.80. The van der Waals surface area contributed by atoms with Crippen LogP contribution in [0.25, 0.3) is 0 Å². The van der Waals surface area contributed by atoms with Crippen LogP contribution in [0.5, 0.6) is 5.75 Å².